The monoisotopic (exact) mass is 721 g/mol. The van der Waals surface area contributed by atoms with Crippen molar-refractivity contribution < 1.29 is 24.6 Å². The highest BCUT2D eigenvalue weighted by molar-refractivity contribution is 5.91. The van der Waals surface area contributed by atoms with Crippen LogP contribution >= 0.6 is 0 Å². The zero-order valence-electron chi connectivity index (χ0n) is 32.5. The fourth-order valence-corrected chi connectivity index (χ4v) is 9.13. The van der Waals surface area contributed by atoms with E-state index in [9.17, 15) is 24.6 Å². The van der Waals surface area contributed by atoms with E-state index in [-0.39, 0.29) is 30.1 Å². The molecule has 1 aliphatic heterocycles. The summed E-state index contributed by atoms with van der Waals surface area (Å²) in [5.41, 5.74) is 3.35. The number of hydrogen-bond donors (Lipinski definition) is 4. The number of hydrogen-bond acceptors (Lipinski definition) is 6. The van der Waals surface area contributed by atoms with Crippen molar-refractivity contribution in [3.8, 4) is 0 Å². The lowest BCUT2D eigenvalue weighted by Crippen LogP contribution is -2.56. The molecule has 52 heavy (non-hydrogen) atoms. The lowest BCUT2D eigenvalue weighted by atomic mass is 9.82. The number of likely N-dealkylation sites (tertiary alicyclic amines) is 1. The number of likely N-dealkylation sites (N-methyl/N-ethyl adjacent to an activating group) is 1. The number of nitrogens with zero attached hydrogens (tertiary/aromatic N) is 2. The van der Waals surface area contributed by atoms with Gasteiger partial charge in [0.25, 0.3) is 0 Å². The van der Waals surface area contributed by atoms with Crippen LogP contribution in [0.1, 0.15) is 116 Å². The first-order chi connectivity index (χ1) is 25.0. The molecule has 4 aliphatic rings. The van der Waals surface area contributed by atoms with Gasteiger partial charge in [-0.25, -0.2) is 0 Å². The van der Waals surface area contributed by atoms with Crippen LogP contribution in [0, 0.1) is 29.6 Å². The maximum Gasteiger partial charge on any atom is 0.243 e. The molecule has 9 nitrogen and oxygen atoms in total. The number of rotatable bonds is 19. The van der Waals surface area contributed by atoms with E-state index < -0.39 is 30.2 Å². The molecule has 2 saturated carbocycles. The van der Waals surface area contributed by atoms with E-state index in [4.69, 9.17) is 0 Å². The van der Waals surface area contributed by atoms with Gasteiger partial charge in [0, 0.05) is 39.6 Å². The Hall–Kier alpha value is -2.75. The molecule has 5 rings (SSSR count). The van der Waals surface area contributed by atoms with Crippen LogP contribution in [-0.2, 0) is 20.8 Å². The molecule has 0 spiro atoms. The molecule has 3 aliphatic carbocycles. The Morgan fingerprint density at radius 3 is 2.13 bits per heavy atom. The summed E-state index contributed by atoms with van der Waals surface area (Å²) >= 11 is 0. The quantitative estimate of drug-likeness (QED) is 0.138. The van der Waals surface area contributed by atoms with Crippen LogP contribution in [0.3, 0.4) is 0 Å². The van der Waals surface area contributed by atoms with Crippen molar-refractivity contribution in [3.63, 3.8) is 0 Å². The summed E-state index contributed by atoms with van der Waals surface area (Å²) in [5, 5.41) is 28.5. The van der Waals surface area contributed by atoms with E-state index in [0.29, 0.717) is 38.1 Å². The first-order valence-corrected chi connectivity index (χ1v) is 20.6. The first kappa shape index (κ1) is 40.4. The summed E-state index contributed by atoms with van der Waals surface area (Å²) in [6.45, 7) is 9.79. The van der Waals surface area contributed by atoms with Gasteiger partial charge in [-0.15, -0.1) is 0 Å². The van der Waals surface area contributed by atoms with Crippen LogP contribution in [0.15, 0.2) is 41.5 Å². The van der Waals surface area contributed by atoms with Crippen LogP contribution < -0.4 is 10.6 Å². The van der Waals surface area contributed by atoms with Gasteiger partial charge >= 0.3 is 0 Å². The smallest absolute Gasteiger partial charge is 0.243 e. The van der Waals surface area contributed by atoms with Gasteiger partial charge in [0.2, 0.25) is 17.7 Å². The fraction of sp³-hybridized carbons (Fsp3) is 0.744. The van der Waals surface area contributed by atoms with Crippen molar-refractivity contribution in [3.05, 3.63) is 47.0 Å². The molecule has 1 aromatic carbocycles. The standard InChI is InChI=1S/C43H68N4O5/c1-29(2)21-39(48)41(50)37(24-32-15-9-6-10-16-32)44-43(52)38(25-35-22-30(35)3)45-42(51)36(23-31-13-7-5-8-14-31)26-40(49)46(4)19-20-47-27-33-17-11-12-18-34(33)28-47/h5,7-8,13-14,29,32-34,36-39,41,48,50H,6,9-12,15-28H2,1-4H3,(H,44,52)(H,45,51)/t33?,34?,36-,37?,38+,39+,41?/m1/s1. The summed E-state index contributed by atoms with van der Waals surface area (Å²) in [6.07, 6.45) is 11.6. The van der Waals surface area contributed by atoms with E-state index in [0.717, 1.165) is 74.7 Å². The van der Waals surface area contributed by atoms with Crippen molar-refractivity contribution in [1.82, 2.24) is 20.4 Å². The zero-order chi connectivity index (χ0) is 37.2. The minimum Gasteiger partial charge on any atom is -0.390 e. The predicted octanol–water partition coefficient (Wildman–Crippen LogP) is 5.63. The summed E-state index contributed by atoms with van der Waals surface area (Å²) in [4.78, 5) is 46.3. The molecule has 0 bridgehead atoms. The molecule has 0 aromatic heterocycles. The van der Waals surface area contributed by atoms with E-state index in [1.807, 2.05) is 58.2 Å². The molecule has 3 fully saturated rings. The Morgan fingerprint density at radius 2 is 1.52 bits per heavy atom. The third-order valence-corrected chi connectivity index (χ3v) is 12.5. The van der Waals surface area contributed by atoms with Gasteiger partial charge in [-0.1, -0.05) is 100 Å². The molecule has 3 amide bonds. The molecule has 1 aromatic rings. The van der Waals surface area contributed by atoms with Crippen LogP contribution in [-0.4, -0.2) is 95.3 Å². The Balaban J connectivity index is 1.26. The summed E-state index contributed by atoms with van der Waals surface area (Å²) < 4.78 is 0. The normalized spacial score (nSPS) is 23.8. The average Bonchev–Trinajstić information content (AvgIpc) is 3.66. The van der Waals surface area contributed by atoms with Gasteiger partial charge in [-0.05, 0) is 81.1 Å². The second-order valence-corrected chi connectivity index (χ2v) is 17.3. The number of aliphatic hydroxyl groups excluding tert-OH is 2. The Bertz CT molecular complexity index is 1330. The third kappa shape index (κ3) is 12.1. The number of carbonyl (C=O) groups is 3. The Labute approximate surface area is 313 Å². The van der Waals surface area contributed by atoms with Gasteiger partial charge < -0.3 is 30.6 Å². The summed E-state index contributed by atoms with van der Waals surface area (Å²) in [5.74, 6) is 0.796. The minimum atomic E-state index is -1.10. The van der Waals surface area contributed by atoms with Gasteiger partial charge in [-0.3, -0.25) is 14.4 Å². The summed E-state index contributed by atoms with van der Waals surface area (Å²) in [6, 6.07) is 8.31. The molecule has 0 radical (unpaired) electrons. The number of amides is 3. The van der Waals surface area contributed by atoms with Crippen LogP contribution in [0.5, 0.6) is 0 Å². The average molecular weight is 721 g/mol. The van der Waals surface area contributed by atoms with Gasteiger partial charge in [0.05, 0.1) is 18.1 Å². The Morgan fingerprint density at radius 1 is 0.885 bits per heavy atom. The van der Waals surface area contributed by atoms with Gasteiger partial charge in [0.1, 0.15) is 12.1 Å². The number of aliphatic hydroxyl groups is 2. The number of nitrogens with one attached hydrogen (secondary N) is 2. The van der Waals surface area contributed by atoms with Crippen molar-refractivity contribution >= 4 is 17.7 Å². The molecule has 1 heterocycles. The van der Waals surface area contributed by atoms with E-state index in [1.54, 1.807) is 4.90 Å². The predicted molar refractivity (Wildman–Crippen MR) is 206 cm³/mol. The van der Waals surface area contributed by atoms with Crippen LogP contribution in [0.4, 0.5) is 0 Å². The third-order valence-electron chi connectivity index (χ3n) is 12.5. The van der Waals surface area contributed by atoms with E-state index >= 15 is 0 Å². The van der Waals surface area contributed by atoms with Crippen molar-refractivity contribution in [1.29, 1.82) is 0 Å². The number of carbonyl (C=O) groups excluding carboxylic acids is 3. The topological polar surface area (TPSA) is 122 Å². The largest absolute Gasteiger partial charge is 0.390 e. The molecule has 290 valence electrons. The van der Waals surface area contributed by atoms with Crippen molar-refractivity contribution in [2.45, 2.75) is 141 Å². The number of fused-ring (bicyclic) bond motifs is 1. The second-order valence-electron chi connectivity index (χ2n) is 17.3. The van der Waals surface area contributed by atoms with Gasteiger partial charge in [0.15, 0.2) is 0 Å². The number of allylic oxidation sites excluding steroid dienone is 1. The first-order valence-electron chi connectivity index (χ1n) is 20.6. The van der Waals surface area contributed by atoms with E-state index in [1.165, 1.54) is 37.7 Å². The van der Waals surface area contributed by atoms with Crippen molar-refractivity contribution in [2.24, 2.45) is 29.6 Å². The Kier molecular flexibility index (Phi) is 15.2. The zero-order valence-corrected chi connectivity index (χ0v) is 32.5. The maximum atomic E-state index is 14.2. The van der Waals surface area contributed by atoms with E-state index in [2.05, 4.69) is 15.5 Å². The molecule has 4 N–H and O–H groups in total. The molecule has 9 heteroatoms. The second kappa shape index (κ2) is 19.5. The highest BCUT2D eigenvalue weighted by Crippen LogP contribution is 2.36. The fourth-order valence-electron chi connectivity index (χ4n) is 9.13. The highest BCUT2D eigenvalue weighted by Gasteiger charge is 2.37. The minimum absolute atomic E-state index is 0.0585. The molecular weight excluding hydrogens is 652 g/mol. The molecule has 1 saturated heterocycles. The summed E-state index contributed by atoms with van der Waals surface area (Å²) in [7, 11) is 1.84. The van der Waals surface area contributed by atoms with Crippen molar-refractivity contribution in [2.75, 3.05) is 33.2 Å². The van der Waals surface area contributed by atoms with Gasteiger partial charge in [-0.2, -0.15) is 0 Å². The van der Waals surface area contributed by atoms with Crippen LogP contribution in [0.2, 0.25) is 0 Å². The highest BCUT2D eigenvalue weighted by atomic mass is 16.3. The van der Waals surface area contributed by atoms with Crippen LogP contribution in [0.25, 0.3) is 0 Å². The molecule has 7 atom stereocenters. The lowest BCUT2D eigenvalue weighted by Gasteiger charge is -2.34. The number of benzene rings is 1. The lowest BCUT2D eigenvalue weighted by molar-refractivity contribution is -0.137. The maximum absolute atomic E-state index is 14.2. The SMILES string of the molecule is CC1=C(C[C@H](NC(=O)[C@@H](CC(=O)N(C)CCN2CC3CCCCC3C2)Cc2ccccc2)C(=O)NC(CC2CCCCC2)C(O)[C@@H](O)CC(C)C)C1. The molecule has 4 unspecified atom stereocenters. The molecular formula is C43H68N4O5.